The second-order valence-electron chi connectivity index (χ2n) is 5.76. The number of likely N-dealkylation sites (tertiary alicyclic amines) is 1. The van der Waals surface area contributed by atoms with Crippen LogP contribution in [0.3, 0.4) is 0 Å². The van der Waals surface area contributed by atoms with E-state index in [1.54, 1.807) is 0 Å². The lowest BCUT2D eigenvalue weighted by atomic mass is 10.1. The summed E-state index contributed by atoms with van der Waals surface area (Å²) in [6, 6.07) is -0.118. The van der Waals surface area contributed by atoms with Crippen LogP contribution in [0.15, 0.2) is 0 Å². The number of nitrogens with one attached hydrogen (secondary N) is 1. The van der Waals surface area contributed by atoms with E-state index in [0.29, 0.717) is 18.8 Å². The number of nitrogens with zero attached hydrogens (tertiary/aromatic N) is 4. The second-order valence-corrected chi connectivity index (χ2v) is 5.76. The van der Waals surface area contributed by atoms with E-state index in [1.165, 1.54) is 0 Å². The minimum atomic E-state index is -0.216. The van der Waals surface area contributed by atoms with Gasteiger partial charge in [0.1, 0.15) is 5.82 Å². The highest BCUT2D eigenvalue weighted by Gasteiger charge is 2.31. The Kier molecular flexibility index (Phi) is 3.90. The summed E-state index contributed by atoms with van der Waals surface area (Å²) in [5, 5.41) is 11.0. The average molecular weight is 291 g/mol. The van der Waals surface area contributed by atoms with Crippen LogP contribution in [0.5, 0.6) is 0 Å². The maximum absolute atomic E-state index is 12.3. The number of carbonyl (C=O) groups is 2. The van der Waals surface area contributed by atoms with Crippen molar-refractivity contribution in [3.63, 3.8) is 0 Å². The molecule has 0 aromatic carbocycles. The number of rotatable bonds is 4. The molecular formula is C14H21N5O2. The number of amides is 2. The first-order valence-electron chi connectivity index (χ1n) is 7.69. The lowest BCUT2D eigenvalue weighted by Gasteiger charge is -2.17. The van der Waals surface area contributed by atoms with E-state index in [4.69, 9.17) is 0 Å². The molecule has 0 bridgehead atoms. The standard InChI is InChI=1S/C14H21N5O2/c1-2-6-18-9-10(8-12(18)20)15-14(21)13-17-16-11-5-3-4-7-19(11)13/h10H,2-9H2,1H3,(H,15,21)/t10-/m0/s1. The smallest absolute Gasteiger partial charge is 0.289 e. The van der Waals surface area contributed by atoms with Crippen LogP contribution in [0.4, 0.5) is 0 Å². The van der Waals surface area contributed by atoms with Crippen molar-refractivity contribution in [1.82, 2.24) is 25.0 Å². The third-order valence-electron chi connectivity index (χ3n) is 4.11. The van der Waals surface area contributed by atoms with Crippen molar-refractivity contribution >= 4 is 11.8 Å². The van der Waals surface area contributed by atoms with Crippen LogP contribution in [-0.4, -0.2) is 50.6 Å². The van der Waals surface area contributed by atoms with Gasteiger partial charge in [0.15, 0.2) is 0 Å². The number of carbonyl (C=O) groups excluding carboxylic acids is 2. The summed E-state index contributed by atoms with van der Waals surface area (Å²) >= 11 is 0. The van der Waals surface area contributed by atoms with Crippen molar-refractivity contribution in [3.8, 4) is 0 Å². The molecule has 1 fully saturated rings. The Bertz CT molecular complexity index is 554. The van der Waals surface area contributed by atoms with E-state index in [-0.39, 0.29) is 17.9 Å². The molecule has 0 aliphatic carbocycles. The van der Waals surface area contributed by atoms with Gasteiger partial charge in [-0.05, 0) is 19.3 Å². The fourth-order valence-corrected chi connectivity index (χ4v) is 3.08. The van der Waals surface area contributed by atoms with Crippen LogP contribution in [0, 0.1) is 0 Å². The maximum atomic E-state index is 12.3. The van der Waals surface area contributed by atoms with Gasteiger partial charge in [0.05, 0.1) is 6.04 Å². The van der Waals surface area contributed by atoms with E-state index in [0.717, 1.165) is 44.6 Å². The quantitative estimate of drug-likeness (QED) is 0.868. The predicted molar refractivity (Wildman–Crippen MR) is 75.7 cm³/mol. The Morgan fingerprint density at radius 1 is 1.38 bits per heavy atom. The van der Waals surface area contributed by atoms with Crippen molar-refractivity contribution in [1.29, 1.82) is 0 Å². The van der Waals surface area contributed by atoms with Crippen LogP contribution in [0.25, 0.3) is 0 Å². The molecule has 7 heteroatoms. The maximum Gasteiger partial charge on any atom is 0.289 e. The minimum absolute atomic E-state index is 0.116. The zero-order chi connectivity index (χ0) is 14.8. The van der Waals surface area contributed by atoms with Gasteiger partial charge in [0.25, 0.3) is 5.91 Å². The van der Waals surface area contributed by atoms with E-state index in [9.17, 15) is 9.59 Å². The van der Waals surface area contributed by atoms with Crippen LogP contribution < -0.4 is 5.32 Å². The molecule has 2 aliphatic rings. The Balaban J connectivity index is 1.65. The molecule has 1 atom stereocenters. The average Bonchev–Trinajstić information content (AvgIpc) is 3.03. The SMILES string of the molecule is CCCN1C[C@@H](NC(=O)c2nnc3n2CCCC3)CC1=O. The van der Waals surface area contributed by atoms with Gasteiger partial charge in [-0.1, -0.05) is 6.92 Å². The first-order valence-corrected chi connectivity index (χ1v) is 7.69. The summed E-state index contributed by atoms with van der Waals surface area (Å²) in [5.41, 5.74) is 0. The van der Waals surface area contributed by atoms with Gasteiger partial charge in [0.2, 0.25) is 11.7 Å². The molecule has 2 aliphatic heterocycles. The predicted octanol–water partition coefficient (Wildman–Crippen LogP) is 0.355. The highest BCUT2D eigenvalue weighted by molar-refractivity contribution is 5.92. The summed E-state index contributed by atoms with van der Waals surface area (Å²) in [7, 11) is 0. The number of hydrogen-bond donors (Lipinski definition) is 1. The number of hydrogen-bond acceptors (Lipinski definition) is 4. The second kappa shape index (κ2) is 5.83. The topological polar surface area (TPSA) is 80.1 Å². The fraction of sp³-hybridized carbons (Fsp3) is 0.714. The molecule has 7 nitrogen and oxygen atoms in total. The largest absolute Gasteiger partial charge is 0.344 e. The number of aryl methyl sites for hydroxylation is 1. The van der Waals surface area contributed by atoms with Crippen LogP contribution >= 0.6 is 0 Å². The number of aromatic nitrogens is 3. The van der Waals surface area contributed by atoms with E-state index < -0.39 is 0 Å². The van der Waals surface area contributed by atoms with Gasteiger partial charge in [-0.15, -0.1) is 10.2 Å². The Labute approximate surface area is 123 Å². The molecule has 3 heterocycles. The summed E-state index contributed by atoms with van der Waals surface area (Å²) < 4.78 is 1.90. The highest BCUT2D eigenvalue weighted by atomic mass is 16.2. The first-order chi connectivity index (χ1) is 10.2. The molecule has 1 aromatic rings. The summed E-state index contributed by atoms with van der Waals surface area (Å²) in [4.78, 5) is 26.0. The number of fused-ring (bicyclic) bond motifs is 1. The minimum Gasteiger partial charge on any atom is -0.344 e. The Morgan fingerprint density at radius 2 is 2.24 bits per heavy atom. The third-order valence-corrected chi connectivity index (χ3v) is 4.11. The molecule has 0 radical (unpaired) electrons. The van der Waals surface area contributed by atoms with E-state index in [1.807, 2.05) is 16.4 Å². The lowest BCUT2D eigenvalue weighted by Crippen LogP contribution is -2.38. The summed E-state index contributed by atoms with van der Waals surface area (Å²) in [6.45, 7) is 4.20. The van der Waals surface area contributed by atoms with Gasteiger partial charge in [0, 0.05) is 32.5 Å². The van der Waals surface area contributed by atoms with Crippen LogP contribution in [0.2, 0.25) is 0 Å². The zero-order valence-electron chi connectivity index (χ0n) is 12.3. The van der Waals surface area contributed by atoms with Gasteiger partial charge in [-0.2, -0.15) is 0 Å². The molecule has 114 valence electrons. The first kappa shape index (κ1) is 14.0. The Morgan fingerprint density at radius 3 is 3.05 bits per heavy atom. The summed E-state index contributed by atoms with van der Waals surface area (Å²) in [5.74, 6) is 1.17. The molecule has 0 saturated carbocycles. The van der Waals surface area contributed by atoms with Gasteiger partial charge in [-0.25, -0.2) is 0 Å². The molecule has 1 N–H and O–H groups in total. The molecule has 2 amide bonds. The molecule has 1 saturated heterocycles. The van der Waals surface area contributed by atoms with Gasteiger partial charge >= 0.3 is 0 Å². The van der Waals surface area contributed by atoms with Crippen molar-refractivity contribution in [2.75, 3.05) is 13.1 Å². The normalized spacial score (nSPS) is 21.5. The van der Waals surface area contributed by atoms with Crippen LogP contribution in [-0.2, 0) is 17.8 Å². The van der Waals surface area contributed by atoms with Crippen molar-refractivity contribution in [2.24, 2.45) is 0 Å². The fourth-order valence-electron chi connectivity index (χ4n) is 3.08. The molecule has 21 heavy (non-hydrogen) atoms. The van der Waals surface area contributed by atoms with E-state index >= 15 is 0 Å². The van der Waals surface area contributed by atoms with E-state index in [2.05, 4.69) is 15.5 Å². The molecule has 0 spiro atoms. The molecular weight excluding hydrogens is 270 g/mol. The van der Waals surface area contributed by atoms with Gasteiger partial charge in [-0.3, -0.25) is 9.59 Å². The van der Waals surface area contributed by atoms with Crippen molar-refractivity contribution in [2.45, 2.75) is 51.6 Å². The van der Waals surface area contributed by atoms with Crippen molar-refractivity contribution in [3.05, 3.63) is 11.6 Å². The van der Waals surface area contributed by atoms with Crippen molar-refractivity contribution < 1.29 is 9.59 Å². The third kappa shape index (κ3) is 2.77. The Hall–Kier alpha value is -1.92. The highest BCUT2D eigenvalue weighted by Crippen LogP contribution is 2.15. The molecule has 1 aromatic heterocycles. The zero-order valence-corrected chi connectivity index (χ0v) is 12.3. The monoisotopic (exact) mass is 291 g/mol. The van der Waals surface area contributed by atoms with Crippen LogP contribution in [0.1, 0.15) is 49.1 Å². The molecule has 3 rings (SSSR count). The van der Waals surface area contributed by atoms with Gasteiger partial charge < -0.3 is 14.8 Å². The summed E-state index contributed by atoms with van der Waals surface area (Å²) in [6.07, 6.45) is 4.35. The lowest BCUT2D eigenvalue weighted by molar-refractivity contribution is -0.127. The molecule has 0 unspecified atom stereocenters.